The third-order valence-electron chi connectivity index (χ3n) is 26.2. The van der Waals surface area contributed by atoms with Gasteiger partial charge in [-0.2, -0.15) is 49.8 Å². The van der Waals surface area contributed by atoms with Gasteiger partial charge in [-0.15, -0.1) is 0 Å². The summed E-state index contributed by atoms with van der Waals surface area (Å²) in [4.78, 5) is 169. The van der Waals surface area contributed by atoms with Crippen LogP contribution in [0.4, 0.5) is 57.8 Å². The monoisotopic (exact) mass is 2070 g/mol. The molecule has 4 aliphatic carbocycles. The Kier molecular flexibility index (Phi) is 41.1. The number of esters is 2. The van der Waals surface area contributed by atoms with Crippen molar-refractivity contribution in [2.45, 2.75) is 298 Å². The van der Waals surface area contributed by atoms with Crippen LogP contribution in [0.25, 0.3) is 55.8 Å². The second-order valence-corrected chi connectivity index (χ2v) is 39.0. The van der Waals surface area contributed by atoms with Crippen molar-refractivity contribution in [2.75, 3.05) is 126 Å². The van der Waals surface area contributed by atoms with Gasteiger partial charge in [0, 0.05) is 63.7 Å². The lowest BCUT2D eigenvalue weighted by atomic mass is 9.84. The molecule has 0 atom stereocenters. The number of carbonyl (C=O) groups is 8. The van der Waals surface area contributed by atoms with Crippen LogP contribution in [-0.2, 0) is 96.5 Å². The van der Waals surface area contributed by atoms with E-state index >= 15 is 0 Å². The topological polar surface area (TPSA) is 553 Å². The highest BCUT2D eigenvalue weighted by Gasteiger charge is 2.33. The summed E-state index contributed by atoms with van der Waals surface area (Å²) in [7, 11) is 0. The molecular weight excluding hydrogens is 1930 g/mol. The summed E-state index contributed by atoms with van der Waals surface area (Å²) in [6.45, 7) is 21.9. The van der Waals surface area contributed by atoms with Crippen LogP contribution in [0.5, 0.6) is 11.6 Å². The van der Waals surface area contributed by atoms with Gasteiger partial charge in [0.25, 0.3) is 5.88 Å². The van der Waals surface area contributed by atoms with Gasteiger partial charge in [0.1, 0.15) is 44.1 Å². The molecule has 0 bridgehead atoms. The van der Waals surface area contributed by atoms with Gasteiger partial charge in [-0.3, -0.25) is 44.2 Å². The lowest BCUT2D eigenvalue weighted by molar-refractivity contribution is -0.144. The number of ether oxygens (including phenoxy) is 6. The third kappa shape index (κ3) is 31.9. The predicted octanol–water partition coefficient (Wildman–Crippen LogP) is 15.9. The molecule has 3 amide bonds. The van der Waals surface area contributed by atoms with Gasteiger partial charge in [0.15, 0.2) is 79.1 Å². The standard InChI is InChI=1S/C33H39N5O5.C20H28N6O4.C18H28N6O2.C17H26N6O2.C16H22N6O4/c1-5-41-27(39)21-37-22-34-28-29(37)35-31(36-30(28)42-26-14-10-7-11-15-26)38(32(40)43-33(2,3)4)20-23-16-18-25(19-17-23)24-12-8-6-9-13-24;1-2-30-15(27)12-26-13-21-16-17(25-8-10-29-11-9-25)22-20(23-18(16)26)24-19(28)14-6-4-3-5-7-14;1-2-3-7-10-19-18-22-16(21-13-8-5-4-6-9-13)15-17(23-18)24(12-20-15)11-14(25)26;1-2-3-6-9-18-17-21-15(20-12-7-4-5-8-12)14-16(22-17)23(11-19-14)10-13(24)25;1-2-3-4-11(23)18-16-19-14(21-5-7-26-8-6-21)13-15(20-16)22(10-17-13)9-12(24)25/h7,10-11,14-19,22,24H,5-6,8-9,12-13,20-21H2,1-4H3;13-14H,2-12H2,1H3,(H,22,23,24,28);12-13H,2-11H2,1H3,(H,25,26)(H2,19,21,22,23);11-12H,2-10H2,1H3,(H,24,25)(H2,18,20,21,22);10H,2-9H2,1H3,(H,24,25)(H,18,19,20,23). The fraction of sp³-hybridized carbons (Fsp3) is 0.567. The molecule has 9 N–H and O–H groups in total. The van der Waals surface area contributed by atoms with Crippen LogP contribution in [-0.4, -0.2) is 257 Å². The normalized spacial score (nSPS) is 15.2. The number of imidazole rings is 5. The number of hydrogen-bond acceptors (Lipinski definition) is 35. The Bertz CT molecular complexity index is 6450. The maximum atomic E-state index is 13.7. The molecule has 10 aromatic heterocycles. The average molecular weight is 2070 g/mol. The number of amides is 3. The van der Waals surface area contributed by atoms with Crippen LogP contribution in [0.3, 0.4) is 0 Å². The quantitative estimate of drug-likeness (QED) is 0.00978. The number of hydrogen-bond donors (Lipinski definition) is 9. The molecule has 12 heterocycles. The molecule has 806 valence electrons. The first kappa shape index (κ1) is 111. The largest absolute Gasteiger partial charge is 0.480 e. The number of nitrogens with zero attached hydrogens (tertiary/aromatic N) is 23. The van der Waals surface area contributed by atoms with E-state index in [4.69, 9.17) is 48.7 Å². The van der Waals surface area contributed by atoms with Crippen molar-refractivity contribution in [3.8, 4) is 11.6 Å². The number of benzene rings is 2. The predicted molar refractivity (Wildman–Crippen MR) is 566 cm³/mol. The van der Waals surface area contributed by atoms with Crippen molar-refractivity contribution in [3.63, 3.8) is 0 Å². The van der Waals surface area contributed by atoms with Gasteiger partial charge < -0.3 is 97.6 Å². The lowest BCUT2D eigenvalue weighted by Gasteiger charge is -2.28. The van der Waals surface area contributed by atoms with Gasteiger partial charge in [-0.1, -0.05) is 166 Å². The zero-order valence-corrected chi connectivity index (χ0v) is 87.3. The molecule has 150 heavy (non-hydrogen) atoms. The van der Waals surface area contributed by atoms with Gasteiger partial charge >= 0.3 is 35.9 Å². The summed E-state index contributed by atoms with van der Waals surface area (Å²) in [5, 5.41) is 46.4. The summed E-state index contributed by atoms with van der Waals surface area (Å²) >= 11 is 0. The Morgan fingerprint density at radius 1 is 0.433 bits per heavy atom. The van der Waals surface area contributed by atoms with E-state index in [0.29, 0.717) is 180 Å². The first-order valence-corrected chi connectivity index (χ1v) is 53.0. The first-order chi connectivity index (χ1) is 72.8. The second-order valence-electron chi connectivity index (χ2n) is 39.0. The summed E-state index contributed by atoms with van der Waals surface area (Å²) in [6.07, 6.45) is 37.8. The van der Waals surface area contributed by atoms with Crippen molar-refractivity contribution in [1.82, 2.24) is 97.6 Å². The molecule has 46 heteroatoms. The molecular formula is C104H143N29O17. The summed E-state index contributed by atoms with van der Waals surface area (Å²) < 4.78 is 40.7. The number of aromatic nitrogens is 20. The molecule has 0 unspecified atom stereocenters. The molecule has 46 nitrogen and oxygen atoms in total. The maximum Gasteiger partial charge on any atom is 0.417 e. The van der Waals surface area contributed by atoms with Crippen LogP contribution < -0.4 is 51.3 Å². The number of rotatable bonds is 40. The van der Waals surface area contributed by atoms with Crippen LogP contribution in [0.1, 0.15) is 252 Å². The van der Waals surface area contributed by atoms with Crippen LogP contribution >= 0.6 is 0 Å². The van der Waals surface area contributed by atoms with Gasteiger partial charge in [-0.25, -0.2) is 34.6 Å². The molecule has 18 rings (SSSR count). The van der Waals surface area contributed by atoms with Crippen molar-refractivity contribution in [2.24, 2.45) is 5.92 Å². The van der Waals surface area contributed by atoms with Crippen molar-refractivity contribution < 1.29 is 82.1 Å². The Balaban J connectivity index is 0.000000150. The number of morpholine rings is 2. The number of unbranched alkanes of at least 4 members (excludes halogenated alkanes) is 5. The number of carboxylic acid groups (broad SMARTS) is 3. The van der Waals surface area contributed by atoms with Crippen molar-refractivity contribution in [3.05, 3.63) is 97.4 Å². The summed E-state index contributed by atoms with van der Waals surface area (Å²) in [5.74, 6) is 1.55. The minimum atomic E-state index is -0.996. The number of aliphatic carboxylic acids is 3. The van der Waals surface area contributed by atoms with Gasteiger partial charge in [0.05, 0.1) is 77.8 Å². The number of carboxylic acids is 3. The highest BCUT2D eigenvalue weighted by atomic mass is 16.6. The number of anilines is 9. The Morgan fingerprint density at radius 3 is 1.30 bits per heavy atom. The van der Waals surface area contributed by atoms with Crippen molar-refractivity contribution in [1.29, 1.82) is 0 Å². The Hall–Kier alpha value is -14.7. The molecule has 6 fully saturated rings. The molecule has 12 aromatic rings. The SMILES string of the molecule is CCCCC(=O)Nc1nc(N2CCOCC2)c2ncn(CC(=O)O)c2n1.CCCCCNc1nc(NC2CCCC2)c2ncn(CC(=O)O)c2n1.CCCCCNc1nc(NC2CCCCC2)c2ncn(CC(=O)O)c2n1.CCOC(=O)Cn1cnc2c(N3CCOCC3)nc(NC(=O)C3CCCCC3)nc21.CCOC(=O)Cn1cnc2c(Oc3ccccc3)nc(N(Cc3ccc(C4CCCCC4)cc3)C(=O)OC(C)(C)C)nc21. The molecule has 4 saturated carbocycles. The number of nitrogens with one attached hydrogen (secondary N) is 6. The molecule has 0 spiro atoms. The fourth-order valence-corrected chi connectivity index (χ4v) is 18.6. The Morgan fingerprint density at radius 2 is 0.847 bits per heavy atom. The first-order valence-electron chi connectivity index (χ1n) is 53.0. The van der Waals surface area contributed by atoms with Crippen LogP contribution in [0.15, 0.2) is 86.2 Å². The van der Waals surface area contributed by atoms with Crippen LogP contribution in [0.2, 0.25) is 0 Å². The smallest absolute Gasteiger partial charge is 0.417 e. The molecule has 6 aliphatic rings. The van der Waals surface area contributed by atoms with E-state index in [1.165, 1.54) is 111 Å². The average Bonchev–Trinajstić information content (AvgIpc) is 1.63. The van der Waals surface area contributed by atoms with Crippen molar-refractivity contribution >= 4 is 157 Å². The molecule has 2 aliphatic heterocycles. The van der Waals surface area contributed by atoms with E-state index in [1.54, 1.807) is 50.6 Å². The fourth-order valence-electron chi connectivity index (χ4n) is 18.6. The number of fused-ring (bicyclic) bond motifs is 5. The summed E-state index contributed by atoms with van der Waals surface area (Å²) in [5.41, 5.74) is 6.51. The highest BCUT2D eigenvalue weighted by Crippen LogP contribution is 2.38. The van der Waals surface area contributed by atoms with E-state index in [-0.39, 0.29) is 93.3 Å². The van der Waals surface area contributed by atoms with E-state index < -0.39 is 35.6 Å². The van der Waals surface area contributed by atoms with E-state index in [9.17, 15) is 38.4 Å². The maximum absolute atomic E-state index is 13.7. The van der Waals surface area contributed by atoms with Gasteiger partial charge in [-0.05, 0) is 134 Å². The zero-order chi connectivity index (χ0) is 106. The Labute approximate surface area is 870 Å². The number of carbonyl (C=O) groups excluding carboxylic acids is 5. The molecule has 2 aromatic carbocycles. The van der Waals surface area contributed by atoms with Gasteiger partial charge in [0.2, 0.25) is 41.6 Å². The molecule has 2 saturated heterocycles. The second kappa shape index (κ2) is 55.5. The van der Waals surface area contributed by atoms with E-state index in [1.807, 2.05) is 62.9 Å². The zero-order valence-electron chi connectivity index (χ0n) is 87.3. The number of para-hydroxylation sites is 1. The highest BCUT2D eigenvalue weighted by molar-refractivity contribution is 5.95. The minimum absolute atomic E-state index is 0.0000835. The third-order valence-corrected chi connectivity index (χ3v) is 26.2. The van der Waals surface area contributed by atoms with Crippen LogP contribution in [0, 0.1) is 5.92 Å². The lowest BCUT2D eigenvalue weighted by Crippen LogP contribution is -2.37. The molecule has 0 radical (unpaired) electrons. The minimum Gasteiger partial charge on any atom is -0.480 e. The van der Waals surface area contributed by atoms with E-state index in [0.717, 1.165) is 121 Å². The summed E-state index contributed by atoms with van der Waals surface area (Å²) in [6, 6.07) is 18.4. The van der Waals surface area contributed by atoms with E-state index in [2.05, 4.69) is 133 Å².